The van der Waals surface area contributed by atoms with Crippen LogP contribution in [0.4, 0.5) is 5.69 Å². The van der Waals surface area contributed by atoms with E-state index < -0.39 is 0 Å². The number of nitrogens with one attached hydrogen (secondary N) is 1. The molecule has 2 nitrogen and oxygen atoms in total. The molecule has 1 N–H and O–H groups in total. The van der Waals surface area contributed by atoms with Crippen LogP contribution in [0.1, 0.15) is 31.2 Å². The number of amidine groups is 1. The van der Waals surface area contributed by atoms with Crippen LogP contribution >= 0.6 is 31.9 Å². The number of anilines is 1. The largest absolute Gasteiger partial charge is 0.342 e. The van der Waals surface area contributed by atoms with Crippen LogP contribution in [0.5, 0.6) is 0 Å². The molecule has 0 unspecified atom stereocenters. The van der Waals surface area contributed by atoms with Gasteiger partial charge in [0, 0.05) is 21.9 Å². The van der Waals surface area contributed by atoms with E-state index in [2.05, 4.69) is 61.2 Å². The summed E-state index contributed by atoms with van der Waals surface area (Å²) in [4.78, 5) is 4.59. The molecule has 0 saturated heterocycles. The summed E-state index contributed by atoms with van der Waals surface area (Å²) < 4.78 is 2.16. The van der Waals surface area contributed by atoms with Gasteiger partial charge in [0.1, 0.15) is 5.84 Å². The quantitative estimate of drug-likeness (QED) is 0.757. The molecule has 1 aromatic rings. The molecule has 0 atom stereocenters. The van der Waals surface area contributed by atoms with Gasteiger partial charge in [-0.3, -0.25) is 4.99 Å². The average Bonchev–Trinajstić information content (AvgIpc) is 2.51. The minimum Gasteiger partial charge on any atom is -0.342 e. The highest BCUT2D eigenvalue weighted by Gasteiger charge is 2.10. The lowest BCUT2D eigenvalue weighted by molar-refractivity contribution is 0.731. The van der Waals surface area contributed by atoms with Gasteiger partial charge in [-0.25, -0.2) is 0 Å². The second kappa shape index (κ2) is 6.01. The topological polar surface area (TPSA) is 24.4 Å². The van der Waals surface area contributed by atoms with E-state index in [-0.39, 0.29) is 0 Å². The van der Waals surface area contributed by atoms with Crippen molar-refractivity contribution in [2.45, 2.75) is 32.6 Å². The van der Waals surface area contributed by atoms with Crippen LogP contribution < -0.4 is 5.32 Å². The van der Waals surface area contributed by atoms with Gasteiger partial charge >= 0.3 is 0 Å². The Balaban J connectivity index is 2.20. The van der Waals surface area contributed by atoms with Gasteiger partial charge in [0.25, 0.3) is 0 Å². The normalized spacial score (nSPS) is 16.3. The number of aliphatic imine (C=N–C) groups is 1. The summed E-state index contributed by atoms with van der Waals surface area (Å²) >= 11 is 7.19. The first kappa shape index (κ1) is 13.1. The molecule has 2 rings (SSSR count). The second-order valence-corrected chi connectivity index (χ2v) is 6.08. The summed E-state index contributed by atoms with van der Waals surface area (Å²) in [6.07, 6.45) is 4.77. The Morgan fingerprint density at radius 3 is 2.53 bits per heavy atom. The predicted octanol–water partition coefficient (Wildman–Crippen LogP) is 4.90. The molecule has 4 heteroatoms. The molecule has 0 saturated carbocycles. The number of hydrogen-bond donors (Lipinski definition) is 1. The van der Waals surface area contributed by atoms with E-state index in [9.17, 15) is 0 Å². The summed E-state index contributed by atoms with van der Waals surface area (Å²) in [5.41, 5.74) is 2.31. The Morgan fingerprint density at radius 2 is 1.82 bits per heavy atom. The number of benzene rings is 1. The Bertz CT molecular complexity index is 418. The minimum atomic E-state index is 0.948. The number of halogens is 2. The van der Waals surface area contributed by atoms with Gasteiger partial charge in [0.15, 0.2) is 0 Å². The van der Waals surface area contributed by atoms with E-state index in [0.717, 1.165) is 33.4 Å². The maximum atomic E-state index is 4.59. The maximum Gasteiger partial charge on any atom is 0.101 e. The maximum absolute atomic E-state index is 4.59. The van der Waals surface area contributed by atoms with E-state index in [1.54, 1.807) is 0 Å². The molecule has 0 aromatic heterocycles. The minimum absolute atomic E-state index is 0.948. The zero-order valence-electron chi connectivity index (χ0n) is 9.89. The van der Waals surface area contributed by atoms with Crippen LogP contribution in [0.2, 0.25) is 0 Å². The van der Waals surface area contributed by atoms with Crippen molar-refractivity contribution in [1.82, 2.24) is 0 Å². The summed E-state index contributed by atoms with van der Waals surface area (Å²) in [5, 5.41) is 3.44. The number of aryl methyl sites for hydroxylation is 1. The van der Waals surface area contributed by atoms with Crippen LogP contribution in [0, 0.1) is 6.92 Å². The number of hydrogen-bond acceptors (Lipinski definition) is 2. The van der Waals surface area contributed by atoms with Gasteiger partial charge in [0.2, 0.25) is 0 Å². The van der Waals surface area contributed by atoms with E-state index in [0.29, 0.717) is 0 Å². The van der Waals surface area contributed by atoms with Crippen molar-refractivity contribution in [3.63, 3.8) is 0 Å². The third-order valence-corrected chi connectivity index (χ3v) is 4.08. The highest BCUT2D eigenvalue weighted by Crippen LogP contribution is 2.32. The Hall–Kier alpha value is -0.350. The third-order valence-electron chi connectivity index (χ3n) is 2.83. The molecule has 92 valence electrons. The highest BCUT2D eigenvalue weighted by molar-refractivity contribution is 9.11. The van der Waals surface area contributed by atoms with E-state index in [4.69, 9.17) is 0 Å². The van der Waals surface area contributed by atoms with Gasteiger partial charge in [-0.1, -0.05) is 6.42 Å². The fourth-order valence-corrected chi connectivity index (χ4v) is 3.55. The summed E-state index contributed by atoms with van der Waals surface area (Å²) in [6.45, 7) is 3.03. The van der Waals surface area contributed by atoms with E-state index in [1.165, 1.54) is 24.8 Å². The molecule has 0 radical (unpaired) electrons. The van der Waals surface area contributed by atoms with Crippen molar-refractivity contribution in [3.05, 3.63) is 26.6 Å². The van der Waals surface area contributed by atoms with Crippen molar-refractivity contribution in [2.75, 3.05) is 11.9 Å². The van der Waals surface area contributed by atoms with Crippen LogP contribution in [0.3, 0.4) is 0 Å². The van der Waals surface area contributed by atoms with Crippen LogP contribution in [-0.4, -0.2) is 12.4 Å². The fourth-order valence-electron chi connectivity index (χ4n) is 1.94. The van der Waals surface area contributed by atoms with Gasteiger partial charge in [-0.05, 0) is 69.3 Å². The third kappa shape index (κ3) is 3.55. The van der Waals surface area contributed by atoms with Gasteiger partial charge in [0.05, 0.1) is 5.69 Å². The van der Waals surface area contributed by atoms with Crippen molar-refractivity contribution < 1.29 is 0 Å². The molecular formula is C13H16Br2N2. The molecule has 0 fully saturated rings. The lowest BCUT2D eigenvalue weighted by Crippen LogP contribution is -2.12. The van der Waals surface area contributed by atoms with Gasteiger partial charge in [-0.15, -0.1) is 0 Å². The lowest BCUT2D eigenvalue weighted by Gasteiger charge is -2.13. The smallest absolute Gasteiger partial charge is 0.101 e. The molecule has 0 amide bonds. The van der Waals surface area contributed by atoms with Crippen LogP contribution in [-0.2, 0) is 0 Å². The van der Waals surface area contributed by atoms with Crippen LogP contribution in [0.15, 0.2) is 26.1 Å². The van der Waals surface area contributed by atoms with Crippen LogP contribution in [0.25, 0.3) is 0 Å². The number of nitrogens with zero attached hydrogens (tertiary/aromatic N) is 1. The zero-order valence-corrected chi connectivity index (χ0v) is 13.1. The average molecular weight is 360 g/mol. The lowest BCUT2D eigenvalue weighted by atomic mass is 10.2. The van der Waals surface area contributed by atoms with Gasteiger partial charge < -0.3 is 5.32 Å². The first-order valence-corrected chi connectivity index (χ1v) is 7.51. The molecule has 1 aromatic carbocycles. The molecule has 0 spiro atoms. The molecule has 0 bridgehead atoms. The fraction of sp³-hybridized carbons (Fsp3) is 0.462. The van der Waals surface area contributed by atoms with Crippen molar-refractivity contribution in [3.8, 4) is 0 Å². The zero-order chi connectivity index (χ0) is 12.3. The Labute approximate surface area is 119 Å². The summed E-state index contributed by atoms with van der Waals surface area (Å²) in [6, 6.07) is 4.23. The predicted molar refractivity (Wildman–Crippen MR) is 81.0 cm³/mol. The monoisotopic (exact) mass is 358 g/mol. The van der Waals surface area contributed by atoms with Gasteiger partial charge in [-0.2, -0.15) is 0 Å². The van der Waals surface area contributed by atoms with Crippen molar-refractivity contribution in [1.29, 1.82) is 0 Å². The summed E-state index contributed by atoms with van der Waals surface area (Å²) in [5.74, 6) is 1.10. The molecule has 1 heterocycles. The standard InChI is InChI=1S/C13H16Br2N2/c1-9-7-10(14)13(11(15)8-9)17-12-5-3-2-4-6-16-12/h7-8H,2-6H2,1H3,(H,16,17). The van der Waals surface area contributed by atoms with E-state index >= 15 is 0 Å². The Kier molecular flexibility index (Phi) is 4.62. The SMILES string of the molecule is Cc1cc(Br)c(NC2=NCCCCC2)c(Br)c1. The van der Waals surface area contributed by atoms with Crippen molar-refractivity contribution >= 4 is 43.4 Å². The highest BCUT2D eigenvalue weighted by atomic mass is 79.9. The summed E-state index contributed by atoms with van der Waals surface area (Å²) in [7, 11) is 0. The first-order chi connectivity index (χ1) is 8.16. The molecule has 17 heavy (non-hydrogen) atoms. The Morgan fingerprint density at radius 1 is 1.12 bits per heavy atom. The second-order valence-electron chi connectivity index (χ2n) is 4.37. The molecular weight excluding hydrogens is 344 g/mol. The molecule has 1 aliphatic heterocycles. The first-order valence-electron chi connectivity index (χ1n) is 5.93. The van der Waals surface area contributed by atoms with E-state index in [1.807, 2.05) is 0 Å². The molecule has 1 aliphatic rings. The van der Waals surface area contributed by atoms with Crippen molar-refractivity contribution in [2.24, 2.45) is 4.99 Å². The molecule has 0 aliphatic carbocycles. The number of rotatable bonds is 1.